The van der Waals surface area contributed by atoms with Gasteiger partial charge in [-0.2, -0.15) is 5.26 Å². The lowest BCUT2D eigenvalue weighted by Gasteiger charge is -2.25. The molecule has 0 aromatic heterocycles. The van der Waals surface area contributed by atoms with Gasteiger partial charge in [-0.15, -0.1) is 0 Å². The number of carbonyl (C=O) groups excluding carboxylic acids is 1. The summed E-state index contributed by atoms with van der Waals surface area (Å²) >= 11 is 0. The van der Waals surface area contributed by atoms with E-state index in [0.717, 1.165) is 11.1 Å². The highest BCUT2D eigenvalue weighted by Crippen LogP contribution is 2.19. The maximum absolute atomic E-state index is 12.3. The number of hydrogen-bond donors (Lipinski definition) is 2. The second-order valence-corrected chi connectivity index (χ2v) is 7.24. The van der Waals surface area contributed by atoms with Gasteiger partial charge in [-0.25, -0.2) is 0 Å². The van der Waals surface area contributed by atoms with Crippen LogP contribution >= 0.6 is 0 Å². The van der Waals surface area contributed by atoms with Gasteiger partial charge in [-0.1, -0.05) is 31.2 Å². The molecule has 5 nitrogen and oxygen atoms in total. The topological polar surface area (TPSA) is 90.2 Å². The first-order valence-corrected chi connectivity index (χ1v) is 8.13. The summed E-state index contributed by atoms with van der Waals surface area (Å²) in [5.41, 5.74) is 1.59. The van der Waals surface area contributed by atoms with Crippen molar-refractivity contribution in [2.45, 2.75) is 52.5 Å². The zero-order chi connectivity index (χ0) is 18.3. The van der Waals surface area contributed by atoms with Crippen molar-refractivity contribution in [1.82, 2.24) is 5.32 Å². The molecule has 0 saturated carbocycles. The zero-order valence-electron chi connectivity index (χ0n) is 14.8. The number of hydrogen-bond acceptors (Lipinski definition) is 3. The van der Waals surface area contributed by atoms with Crippen molar-refractivity contribution in [3.8, 4) is 6.07 Å². The second-order valence-electron chi connectivity index (χ2n) is 7.24. The number of nitriles is 1. The summed E-state index contributed by atoms with van der Waals surface area (Å²) in [5, 5.41) is 21.0. The molecule has 1 rings (SSSR count). The van der Waals surface area contributed by atoms with Crippen LogP contribution in [0.4, 0.5) is 0 Å². The number of carboxylic acid groups (broad SMARTS) is 1. The number of aryl methyl sites for hydroxylation is 1. The Morgan fingerprint density at radius 3 is 2.46 bits per heavy atom. The standard InChI is InChI=1S/C19H26N2O3/c1-13(16(12-20)18(24)21-19(2,3)4)10-15-7-5-6-14(11-15)8-9-17(22)23/h5-7,11,13,16H,8-10H2,1-4H3,(H,21,24)(H,22,23). The molecule has 2 atom stereocenters. The number of carbonyl (C=O) groups is 2. The van der Waals surface area contributed by atoms with Crippen molar-refractivity contribution in [3.63, 3.8) is 0 Å². The number of rotatable bonds is 7. The van der Waals surface area contributed by atoms with Crippen LogP contribution in [0, 0.1) is 23.2 Å². The van der Waals surface area contributed by atoms with E-state index in [2.05, 4.69) is 11.4 Å². The monoisotopic (exact) mass is 330 g/mol. The third kappa shape index (κ3) is 6.82. The third-order valence-electron chi connectivity index (χ3n) is 3.67. The lowest BCUT2D eigenvalue weighted by molar-refractivity contribution is -0.137. The van der Waals surface area contributed by atoms with Gasteiger partial charge >= 0.3 is 5.97 Å². The molecule has 0 aliphatic carbocycles. The number of benzene rings is 1. The molecule has 5 heteroatoms. The molecule has 0 aliphatic heterocycles. The van der Waals surface area contributed by atoms with Gasteiger partial charge in [0.15, 0.2) is 0 Å². The van der Waals surface area contributed by atoms with Crippen LogP contribution in [0.1, 0.15) is 45.2 Å². The summed E-state index contributed by atoms with van der Waals surface area (Å²) in [6.07, 6.45) is 1.16. The Kier molecular flexibility index (Phi) is 6.97. The predicted molar refractivity (Wildman–Crippen MR) is 92.3 cm³/mol. The molecule has 1 amide bonds. The molecule has 24 heavy (non-hydrogen) atoms. The van der Waals surface area contributed by atoms with Gasteiger partial charge in [0.2, 0.25) is 5.91 Å². The first-order chi connectivity index (χ1) is 11.1. The fraction of sp³-hybridized carbons (Fsp3) is 0.526. The summed E-state index contributed by atoms with van der Waals surface area (Å²) in [6.45, 7) is 7.54. The summed E-state index contributed by atoms with van der Waals surface area (Å²) in [7, 11) is 0. The average molecular weight is 330 g/mol. The fourth-order valence-electron chi connectivity index (χ4n) is 2.54. The van der Waals surface area contributed by atoms with E-state index in [1.807, 2.05) is 52.0 Å². The Bertz CT molecular complexity index is 626. The Hall–Kier alpha value is -2.35. The molecule has 0 fully saturated rings. The average Bonchev–Trinajstić information content (AvgIpc) is 2.44. The lowest BCUT2D eigenvalue weighted by atomic mass is 9.87. The van der Waals surface area contributed by atoms with Crippen LogP contribution in [0.15, 0.2) is 24.3 Å². The predicted octanol–water partition coefficient (Wildman–Crippen LogP) is 2.94. The molecule has 0 saturated heterocycles. The normalized spacial score (nSPS) is 13.6. The van der Waals surface area contributed by atoms with Crippen LogP contribution in [-0.2, 0) is 22.4 Å². The van der Waals surface area contributed by atoms with E-state index in [1.54, 1.807) is 0 Å². The first kappa shape index (κ1) is 19.7. The summed E-state index contributed by atoms with van der Waals surface area (Å²) in [5.74, 6) is -1.92. The molecule has 0 heterocycles. The van der Waals surface area contributed by atoms with E-state index in [9.17, 15) is 14.9 Å². The number of amides is 1. The van der Waals surface area contributed by atoms with Crippen molar-refractivity contribution in [2.75, 3.05) is 0 Å². The minimum absolute atomic E-state index is 0.0911. The van der Waals surface area contributed by atoms with Gasteiger partial charge in [-0.05, 0) is 50.7 Å². The maximum Gasteiger partial charge on any atom is 0.303 e. The molecular formula is C19H26N2O3. The number of carboxylic acids is 1. The molecule has 0 aliphatic rings. The van der Waals surface area contributed by atoms with Gasteiger partial charge in [0, 0.05) is 12.0 Å². The molecule has 2 unspecified atom stereocenters. The fourth-order valence-corrected chi connectivity index (χ4v) is 2.54. The maximum atomic E-state index is 12.3. The van der Waals surface area contributed by atoms with Gasteiger partial charge < -0.3 is 10.4 Å². The molecule has 1 aromatic rings. The van der Waals surface area contributed by atoms with Gasteiger partial charge in [0.1, 0.15) is 5.92 Å². The van der Waals surface area contributed by atoms with Gasteiger partial charge in [-0.3, -0.25) is 9.59 Å². The third-order valence-corrected chi connectivity index (χ3v) is 3.67. The Morgan fingerprint density at radius 1 is 1.29 bits per heavy atom. The largest absolute Gasteiger partial charge is 0.481 e. The Balaban J connectivity index is 2.76. The zero-order valence-corrected chi connectivity index (χ0v) is 14.8. The molecule has 1 aromatic carbocycles. The smallest absolute Gasteiger partial charge is 0.303 e. The highest BCUT2D eigenvalue weighted by atomic mass is 16.4. The molecule has 130 valence electrons. The molecule has 0 radical (unpaired) electrons. The lowest BCUT2D eigenvalue weighted by Crippen LogP contribution is -2.45. The van der Waals surface area contributed by atoms with Gasteiger partial charge in [0.05, 0.1) is 6.07 Å². The Labute approximate surface area is 143 Å². The van der Waals surface area contributed by atoms with Crippen LogP contribution in [0.3, 0.4) is 0 Å². The highest BCUT2D eigenvalue weighted by molar-refractivity contribution is 5.82. The molecule has 0 bridgehead atoms. The second kappa shape index (κ2) is 8.49. The van der Waals surface area contributed by atoms with E-state index in [0.29, 0.717) is 12.8 Å². The van der Waals surface area contributed by atoms with E-state index in [-0.39, 0.29) is 23.8 Å². The van der Waals surface area contributed by atoms with Crippen molar-refractivity contribution < 1.29 is 14.7 Å². The minimum atomic E-state index is -0.822. The number of nitrogens with one attached hydrogen (secondary N) is 1. The number of aliphatic carboxylic acids is 1. The van der Waals surface area contributed by atoms with Crippen LogP contribution in [-0.4, -0.2) is 22.5 Å². The molecular weight excluding hydrogens is 304 g/mol. The first-order valence-electron chi connectivity index (χ1n) is 8.13. The van der Waals surface area contributed by atoms with E-state index in [4.69, 9.17) is 5.11 Å². The number of nitrogens with zero attached hydrogens (tertiary/aromatic N) is 1. The van der Waals surface area contributed by atoms with Crippen LogP contribution in [0.25, 0.3) is 0 Å². The van der Waals surface area contributed by atoms with Crippen molar-refractivity contribution in [1.29, 1.82) is 5.26 Å². The molecule has 2 N–H and O–H groups in total. The summed E-state index contributed by atoms with van der Waals surface area (Å²) in [4.78, 5) is 22.9. The van der Waals surface area contributed by atoms with Crippen LogP contribution in [0.2, 0.25) is 0 Å². The minimum Gasteiger partial charge on any atom is -0.481 e. The van der Waals surface area contributed by atoms with Gasteiger partial charge in [0.25, 0.3) is 0 Å². The summed E-state index contributed by atoms with van der Waals surface area (Å²) in [6, 6.07) is 9.78. The van der Waals surface area contributed by atoms with E-state index in [1.165, 1.54) is 0 Å². The molecule has 0 spiro atoms. The van der Waals surface area contributed by atoms with Crippen molar-refractivity contribution >= 4 is 11.9 Å². The Morgan fingerprint density at radius 2 is 1.92 bits per heavy atom. The quantitative estimate of drug-likeness (QED) is 0.804. The SMILES string of the molecule is CC(Cc1cccc(CCC(=O)O)c1)C(C#N)C(=O)NC(C)(C)C. The van der Waals surface area contributed by atoms with E-state index < -0.39 is 11.9 Å². The van der Waals surface area contributed by atoms with Crippen molar-refractivity contribution in [2.24, 2.45) is 11.8 Å². The highest BCUT2D eigenvalue weighted by Gasteiger charge is 2.27. The van der Waals surface area contributed by atoms with Crippen LogP contribution < -0.4 is 5.32 Å². The van der Waals surface area contributed by atoms with Crippen molar-refractivity contribution in [3.05, 3.63) is 35.4 Å². The summed E-state index contributed by atoms with van der Waals surface area (Å²) < 4.78 is 0. The van der Waals surface area contributed by atoms with Crippen LogP contribution in [0.5, 0.6) is 0 Å². The van der Waals surface area contributed by atoms with E-state index >= 15 is 0 Å².